The van der Waals surface area contributed by atoms with E-state index < -0.39 is 26.6 Å². The Morgan fingerprint density at radius 2 is 0.705 bits per heavy atom. The first-order chi connectivity index (χ1) is 43.0. The second-order valence-electron chi connectivity index (χ2n) is 27.0. The van der Waals surface area contributed by atoms with E-state index in [2.05, 4.69) is 92.1 Å². The van der Waals surface area contributed by atoms with Gasteiger partial charge in [0.25, 0.3) is 7.82 Å². The molecule has 3 atom stereocenters. The van der Waals surface area contributed by atoms with E-state index in [0.717, 1.165) is 70.6 Å². The van der Waals surface area contributed by atoms with Crippen LogP contribution in [0, 0.1) is 0 Å². The van der Waals surface area contributed by atoms with E-state index >= 15 is 0 Å². The molecule has 0 heterocycles. The van der Waals surface area contributed by atoms with E-state index in [1.54, 1.807) is 6.08 Å². The molecular weight excluding hydrogens is 1100 g/mol. The first-order valence-electron chi connectivity index (χ1n) is 37.9. The molecule has 0 fully saturated rings. The smallest absolute Gasteiger partial charge is 0.268 e. The predicted molar refractivity (Wildman–Crippen MR) is 385 cm³/mol. The minimum Gasteiger partial charge on any atom is -0.756 e. The third-order valence-electron chi connectivity index (χ3n) is 17.1. The third-order valence-corrected chi connectivity index (χ3v) is 18.1. The first kappa shape index (κ1) is 85.7. The summed E-state index contributed by atoms with van der Waals surface area (Å²) in [7, 11) is 1.25. The van der Waals surface area contributed by atoms with Crippen molar-refractivity contribution in [3.8, 4) is 0 Å². The quantitative estimate of drug-likeness (QED) is 0.0272. The van der Waals surface area contributed by atoms with E-state index in [1.807, 2.05) is 27.2 Å². The summed E-state index contributed by atoms with van der Waals surface area (Å²) in [4.78, 5) is 25.7. The van der Waals surface area contributed by atoms with Gasteiger partial charge in [-0.3, -0.25) is 9.36 Å². The summed E-state index contributed by atoms with van der Waals surface area (Å²) in [5.41, 5.74) is 0. The summed E-state index contributed by atoms with van der Waals surface area (Å²) in [6.45, 7) is 4.56. The summed E-state index contributed by atoms with van der Waals surface area (Å²) in [6.07, 6.45) is 98.8. The Kier molecular flexibility index (Phi) is 67.2. The SMILES string of the molecule is CC/C=C\C/C=C\C/C=C\C/C=C\C/C=C\CCCCCCCCCCCCCCCCCCCCCCCC(=O)NC(COP(=O)([O-])OCC[N+](C)(C)C)C(O)/C=C/CC/C=C/CCCCCCCCCCCCCCCCCCCCCCCCC. The van der Waals surface area contributed by atoms with Crippen molar-refractivity contribution in [3.63, 3.8) is 0 Å². The van der Waals surface area contributed by atoms with Crippen LogP contribution in [0.1, 0.15) is 361 Å². The van der Waals surface area contributed by atoms with Crippen LogP contribution in [-0.4, -0.2) is 68.5 Å². The topological polar surface area (TPSA) is 108 Å². The van der Waals surface area contributed by atoms with Crippen molar-refractivity contribution in [1.82, 2.24) is 5.32 Å². The predicted octanol–water partition coefficient (Wildman–Crippen LogP) is 24.0. The van der Waals surface area contributed by atoms with Crippen LogP contribution >= 0.6 is 7.82 Å². The summed E-state index contributed by atoms with van der Waals surface area (Å²) in [5.74, 6) is -0.202. The van der Waals surface area contributed by atoms with Crippen molar-refractivity contribution in [1.29, 1.82) is 0 Å². The average Bonchev–Trinajstić information content (AvgIpc) is 3.70. The molecule has 0 aromatic heterocycles. The van der Waals surface area contributed by atoms with Gasteiger partial charge in [-0.15, -0.1) is 0 Å². The minimum atomic E-state index is -4.62. The maximum absolute atomic E-state index is 13.1. The van der Waals surface area contributed by atoms with Gasteiger partial charge in [0.15, 0.2) is 0 Å². The number of aliphatic hydroxyl groups is 1. The molecule has 0 aromatic carbocycles. The van der Waals surface area contributed by atoms with Crippen molar-refractivity contribution in [2.45, 2.75) is 373 Å². The van der Waals surface area contributed by atoms with E-state index in [1.165, 1.54) is 270 Å². The molecule has 0 bridgehead atoms. The molecule has 9 heteroatoms. The van der Waals surface area contributed by atoms with Crippen LogP contribution in [0.3, 0.4) is 0 Å². The molecule has 1 amide bonds. The highest BCUT2D eigenvalue weighted by Gasteiger charge is 2.23. The zero-order valence-corrected chi connectivity index (χ0v) is 59.8. The maximum atomic E-state index is 13.1. The van der Waals surface area contributed by atoms with Crippen molar-refractivity contribution in [2.24, 2.45) is 0 Å². The number of allylic oxidation sites excluding steroid dienone is 13. The number of hydrogen-bond donors (Lipinski definition) is 2. The van der Waals surface area contributed by atoms with Gasteiger partial charge in [0.2, 0.25) is 5.91 Å². The molecule has 0 aliphatic rings. The van der Waals surface area contributed by atoms with Crippen LogP contribution in [0.15, 0.2) is 85.1 Å². The monoisotopic (exact) mass is 1250 g/mol. The number of phosphoric acid groups is 1. The summed E-state index contributed by atoms with van der Waals surface area (Å²) in [6, 6.07) is -0.907. The summed E-state index contributed by atoms with van der Waals surface area (Å²) < 4.78 is 23.5. The molecule has 0 rings (SSSR count). The van der Waals surface area contributed by atoms with Crippen LogP contribution in [0.4, 0.5) is 0 Å². The standard InChI is InChI=1S/C79H147N2O6P/c1-6-8-10-12-14-16-18-20-22-24-26-28-30-32-34-36-37-38-39-40-41-42-43-45-47-49-51-53-55-57-59-61-63-65-67-69-71-73-79(83)80-77(76-87-88(84,85)86-75-74-81(3,4)5)78(82)72-70-68-66-64-62-60-58-56-54-52-50-48-46-44-35-33-31-29-27-25-23-21-19-17-15-13-11-9-7-2/h8,10,14,16,20,22,26,28,32,34,62,64,70,72,77-78,82H,6-7,9,11-13,15,17-19,21,23-25,27,29-31,33,35-61,63,65-69,71,73-76H2,1-5H3,(H-,80,83,84,85)/b10-8-,16-14-,22-20-,28-26-,34-32-,64-62+,72-70+. The van der Waals surface area contributed by atoms with Crippen LogP contribution in [0.5, 0.6) is 0 Å². The van der Waals surface area contributed by atoms with E-state index in [-0.39, 0.29) is 12.5 Å². The van der Waals surface area contributed by atoms with Gasteiger partial charge >= 0.3 is 0 Å². The number of phosphoric ester groups is 1. The number of hydrogen-bond acceptors (Lipinski definition) is 6. The summed E-state index contributed by atoms with van der Waals surface area (Å²) in [5, 5.41) is 14.0. The lowest BCUT2D eigenvalue weighted by atomic mass is 10.0. The molecule has 0 spiro atoms. The van der Waals surface area contributed by atoms with Crippen LogP contribution in [0.25, 0.3) is 0 Å². The van der Waals surface area contributed by atoms with Crippen molar-refractivity contribution in [2.75, 3.05) is 40.9 Å². The minimum absolute atomic E-state index is 0.00678. The Morgan fingerprint density at radius 1 is 0.409 bits per heavy atom. The first-order valence-corrected chi connectivity index (χ1v) is 39.4. The number of aliphatic hydroxyl groups excluding tert-OH is 1. The molecular formula is C79H147N2O6P. The Bertz CT molecular complexity index is 1710. The number of nitrogens with one attached hydrogen (secondary N) is 1. The van der Waals surface area contributed by atoms with Crippen molar-refractivity contribution in [3.05, 3.63) is 85.1 Å². The van der Waals surface area contributed by atoms with Gasteiger partial charge in [-0.05, 0) is 77.0 Å². The van der Waals surface area contributed by atoms with Crippen molar-refractivity contribution >= 4 is 13.7 Å². The molecule has 3 unspecified atom stereocenters. The highest BCUT2D eigenvalue weighted by Crippen LogP contribution is 2.38. The molecule has 0 aromatic rings. The number of amides is 1. The number of likely N-dealkylation sites (N-methyl/N-ethyl adjacent to an activating group) is 1. The molecule has 0 saturated carbocycles. The number of carbonyl (C=O) groups excluding carboxylic acids is 1. The lowest BCUT2D eigenvalue weighted by molar-refractivity contribution is -0.870. The molecule has 514 valence electrons. The molecule has 0 aliphatic carbocycles. The van der Waals surface area contributed by atoms with E-state index in [4.69, 9.17) is 9.05 Å². The van der Waals surface area contributed by atoms with Crippen LogP contribution in [-0.2, 0) is 18.4 Å². The fourth-order valence-electron chi connectivity index (χ4n) is 11.3. The number of nitrogens with zero attached hydrogens (tertiary/aromatic N) is 1. The van der Waals surface area contributed by atoms with Gasteiger partial charge in [-0.25, -0.2) is 0 Å². The molecule has 2 N–H and O–H groups in total. The van der Waals surface area contributed by atoms with Crippen molar-refractivity contribution < 1.29 is 32.9 Å². The van der Waals surface area contributed by atoms with Gasteiger partial charge in [-0.2, -0.15) is 0 Å². The molecule has 0 radical (unpaired) electrons. The van der Waals surface area contributed by atoms with Crippen LogP contribution < -0.4 is 10.2 Å². The van der Waals surface area contributed by atoms with Gasteiger partial charge < -0.3 is 28.8 Å². The van der Waals surface area contributed by atoms with Crippen LogP contribution in [0.2, 0.25) is 0 Å². The van der Waals surface area contributed by atoms with E-state index in [0.29, 0.717) is 17.4 Å². The number of rotatable bonds is 70. The Labute approximate surface area is 547 Å². The molecule has 88 heavy (non-hydrogen) atoms. The maximum Gasteiger partial charge on any atom is 0.268 e. The fourth-order valence-corrected chi connectivity index (χ4v) is 12.0. The highest BCUT2D eigenvalue weighted by molar-refractivity contribution is 7.45. The second kappa shape index (κ2) is 69.0. The molecule has 0 aliphatic heterocycles. The lowest BCUT2D eigenvalue weighted by Crippen LogP contribution is -2.45. The van der Waals surface area contributed by atoms with Gasteiger partial charge in [0, 0.05) is 6.42 Å². The summed E-state index contributed by atoms with van der Waals surface area (Å²) >= 11 is 0. The zero-order chi connectivity index (χ0) is 64.1. The van der Waals surface area contributed by atoms with Gasteiger partial charge in [-0.1, -0.05) is 362 Å². The molecule has 8 nitrogen and oxygen atoms in total. The largest absolute Gasteiger partial charge is 0.756 e. The highest BCUT2D eigenvalue weighted by atomic mass is 31.2. The fraction of sp³-hybridized carbons (Fsp3) is 0.810. The Balaban J connectivity index is 4.02. The Morgan fingerprint density at radius 3 is 1.06 bits per heavy atom. The second-order valence-corrected chi connectivity index (χ2v) is 28.4. The number of unbranched alkanes of at least 4 members (excludes halogenated alkanes) is 45. The zero-order valence-electron chi connectivity index (χ0n) is 58.9. The Hall–Kier alpha value is -2.32. The van der Waals surface area contributed by atoms with E-state index in [9.17, 15) is 19.4 Å². The normalized spacial score (nSPS) is 14.0. The lowest BCUT2D eigenvalue weighted by Gasteiger charge is -2.29. The number of carbonyl (C=O) groups is 1. The van der Waals surface area contributed by atoms with Gasteiger partial charge in [0.05, 0.1) is 39.9 Å². The third kappa shape index (κ3) is 71.1. The van der Waals surface area contributed by atoms with Gasteiger partial charge in [0.1, 0.15) is 13.2 Å². The number of quaternary nitrogens is 1. The average molecular weight is 1250 g/mol. The molecule has 0 saturated heterocycles.